The number of rotatable bonds is 7. The summed E-state index contributed by atoms with van der Waals surface area (Å²) in [6.45, 7) is 0.117. The van der Waals surface area contributed by atoms with Gasteiger partial charge in [-0.2, -0.15) is 17.7 Å². The molecule has 2 N–H and O–H groups in total. The molecule has 1 aromatic heterocycles. The first-order valence-corrected chi connectivity index (χ1v) is 11.2. The van der Waals surface area contributed by atoms with Crippen LogP contribution in [0.25, 0.3) is 0 Å². The number of Topliss-reactive ketones (excluding diaryl/α,β-unsaturated/α-hetero) is 1. The van der Waals surface area contributed by atoms with Gasteiger partial charge in [0.25, 0.3) is 0 Å². The molecule has 0 spiro atoms. The van der Waals surface area contributed by atoms with Gasteiger partial charge in [-0.05, 0) is 47.9 Å². The number of benzene rings is 3. The van der Waals surface area contributed by atoms with Gasteiger partial charge in [-0.25, -0.2) is 4.79 Å². The average molecular weight is 570 g/mol. The van der Waals surface area contributed by atoms with E-state index in [2.05, 4.69) is 22.8 Å². The Bertz CT molecular complexity index is 1360. The molecule has 4 aromatic rings. The molecule has 0 bridgehead atoms. The normalized spacial score (nSPS) is 10.8. The highest BCUT2D eigenvalue weighted by Crippen LogP contribution is 2.30. The van der Waals surface area contributed by atoms with Gasteiger partial charge in [0.2, 0.25) is 12.3 Å². The van der Waals surface area contributed by atoms with Gasteiger partial charge in [-0.3, -0.25) is 4.79 Å². The first-order valence-electron chi connectivity index (χ1n) is 11.2. The lowest BCUT2D eigenvalue weighted by Crippen LogP contribution is -3.00. The van der Waals surface area contributed by atoms with Crippen LogP contribution in [0.1, 0.15) is 27.0 Å². The van der Waals surface area contributed by atoms with Crippen LogP contribution in [0.15, 0.2) is 103 Å². The molecule has 9 heteroatoms. The highest BCUT2D eigenvalue weighted by Gasteiger charge is 2.30. The number of ketones is 1. The fourth-order valence-electron chi connectivity index (χ4n) is 3.64. The molecule has 37 heavy (non-hydrogen) atoms. The molecule has 0 fully saturated rings. The number of aromatic nitrogens is 1. The molecule has 0 radical (unpaired) electrons. The number of carbonyl (C=O) groups excluding carboxylic acids is 2. The van der Waals surface area contributed by atoms with Gasteiger partial charge in [0.05, 0.1) is 5.56 Å². The van der Waals surface area contributed by atoms with Crippen LogP contribution in [-0.4, -0.2) is 11.8 Å². The summed E-state index contributed by atoms with van der Waals surface area (Å²) in [6, 6.07) is 24.0. The molecular formula is C28H23BrF3N3O2. The number of amides is 2. The highest BCUT2D eigenvalue weighted by atomic mass is 79.9. The summed E-state index contributed by atoms with van der Waals surface area (Å²) in [5.41, 5.74) is 2.21. The lowest BCUT2D eigenvalue weighted by molar-refractivity contribution is -0.683. The van der Waals surface area contributed by atoms with E-state index in [1.54, 1.807) is 22.8 Å². The summed E-state index contributed by atoms with van der Waals surface area (Å²) in [4.78, 5) is 25.1. The number of halogens is 4. The van der Waals surface area contributed by atoms with Crippen LogP contribution in [0, 0.1) is 0 Å². The third-order valence-corrected chi connectivity index (χ3v) is 5.43. The molecule has 1 heterocycles. The maximum atomic E-state index is 12.9. The smallest absolute Gasteiger partial charge is 0.416 e. The van der Waals surface area contributed by atoms with Gasteiger partial charge in [0.15, 0.2) is 12.4 Å². The fourth-order valence-corrected chi connectivity index (χ4v) is 3.64. The van der Waals surface area contributed by atoms with E-state index < -0.39 is 17.8 Å². The molecule has 0 aliphatic heterocycles. The van der Waals surface area contributed by atoms with Crippen LogP contribution >= 0.6 is 0 Å². The summed E-state index contributed by atoms with van der Waals surface area (Å²) in [5, 5.41) is 4.92. The third kappa shape index (κ3) is 8.01. The van der Waals surface area contributed by atoms with Crippen LogP contribution in [0.3, 0.4) is 0 Å². The SMILES string of the molecule is O=C(Nc1cccc(C(=O)C[n+]2ccc(Cc3ccccc3)cc2)c1)Nc1cccc(C(F)(F)F)c1.[Br-]. The van der Waals surface area contributed by atoms with Crippen LogP contribution < -0.4 is 32.2 Å². The van der Waals surface area contributed by atoms with Crippen LogP contribution in [-0.2, 0) is 19.1 Å². The van der Waals surface area contributed by atoms with E-state index in [0.717, 1.165) is 24.1 Å². The molecule has 0 unspecified atom stereocenters. The Balaban J connectivity index is 0.00000380. The zero-order valence-corrected chi connectivity index (χ0v) is 21.1. The molecule has 3 aromatic carbocycles. The highest BCUT2D eigenvalue weighted by molar-refractivity contribution is 6.01. The maximum absolute atomic E-state index is 12.9. The van der Waals surface area contributed by atoms with E-state index in [4.69, 9.17) is 0 Å². The van der Waals surface area contributed by atoms with Gasteiger partial charge < -0.3 is 27.6 Å². The van der Waals surface area contributed by atoms with Crippen molar-refractivity contribution in [2.24, 2.45) is 0 Å². The van der Waals surface area contributed by atoms with Crippen LogP contribution in [0.2, 0.25) is 0 Å². The van der Waals surface area contributed by atoms with Crippen molar-refractivity contribution in [3.8, 4) is 0 Å². The van der Waals surface area contributed by atoms with Gasteiger partial charge in [-0.1, -0.05) is 48.5 Å². The first kappa shape index (κ1) is 27.6. The van der Waals surface area contributed by atoms with E-state index in [-0.39, 0.29) is 35.0 Å². The summed E-state index contributed by atoms with van der Waals surface area (Å²) in [6.07, 6.45) is -0.0173. The predicted molar refractivity (Wildman–Crippen MR) is 131 cm³/mol. The van der Waals surface area contributed by atoms with Gasteiger partial charge in [0.1, 0.15) is 0 Å². The fraction of sp³-hybridized carbons (Fsp3) is 0.107. The van der Waals surface area contributed by atoms with E-state index in [1.807, 2.05) is 42.7 Å². The Labute approximate surface area is 222 Å². The molecular weight excluding hydrogens is 547 g/mol. The minimum Gasteiger partial charge on any atom is -1.00 e. The lowest BCUT2D eigenvalue weighted by atomic mass is 10.1. The van der Waals surface area contributed by atoms with Gasteiger partial charge in [0, 0.05) is 29.1 Å². The average Bonchev–Trinajstić information content (AvgIpc) is 2.85. The monoisotopic (exact) mass is 569 g/mol. The number of hydrogen-bond donors (Lipinski definition) is 2. The van der Waals surface area contributed by atoms with E-state index >= 15 is 0 Å². The van der Waals surface area contributed by atoms with Crippen molar-refractivity contribution < 1.29 is 44.3 Å². The molecule has 0 saturated heterocycles. The van der Waals surface area contributed by atoms with Crippen LogP contribution in [0.5, 0.6) is 0 Å². The molecule has 0 atom stereocenters. The Morgan fingerprint density at radius 3 is 1.97 bits per heavy atom. The molecule has 190 valence electrons. The van der Waals surface area contributed by atoms with E-state index in [1.165, 1.54) is 23.8 Å². The quantitative estimate of drug-likeness (QED) is 0.265. The number of urea groups is 1. The molecule has 2 amide bonds. The second kappa shape index (κ2) is 12.3. The van der Waals surface area contributed by atoms with Crippen molar-refractivity contribution in [1.29, 1.82) is 0 Å². The van der Waals surface area contributed by atoms with Gasteiger partial charge >= 0.3 is 12.2 Å². The second-order valence-electron chi connectivity index (χ2n) is 8.20. The summed E-state index contributed by atoms with van der Waals surface area (Å²) in [5.74, 6) is -0.155. The first-order chi connectivity index (χ1) is 17.3. The largest absolute Gasteiger partial charge is 1.00 e. The number of hydrogen-bond acceptors (Lipinski definition) is 2. The Hall–Kier alpha value is -3.98. The van der Waals surface area contributed by atoms with Crippen molar-refractivity contribution >= 4 is 23.2 Å². The topological polar surface area (TPSA) is 62.1 Å². The summed E-state index contributed by atoms with van der Waals surface area (Å²) < 4.78 is 40.4. The molecule has 5 nitrogen and oxygen atoms in total. The van der Waals surface area contributed by atoms with Crippen molar-refractivity contribution in [3.63, 3.8) is 0 Å². The Kier molecular flexibility index (Phi) is 9.19. The number of alkyl halides is 3. The third-order valence-electron chi connectivity index (χ3n) is 5.43. The Morgan fingerprint density at radius 1 is 0.730 bits per heavy atom. The summed E-state index contributed by atoms with van der Waals surface area (Å²) >= 11 is 0. The predicted octanol–water partition coefficient (Wildman–Crippen LogP) is 3.11. The van der Waals surface area contributed by atoms with Crippen molar-refractivity contribution in [3.05, 3.63) is 126 Å². The zero-order valence-electron chi connectivity index (χ0n) is 19.5. The molecule has 0 saturated carbocycles. The molecule has 0 aliphatic carbocycles. The molecule has 0 aliphatic rings. The number of nitrogens with one attached hydrogen (secondary N) is 2. The zero-order chi connectivity index (χ0) is 25.5. The van der Waals surface area contributed by atoms with Gasteiger partial charge in [-0.15, -0.1) is 0 Å². The van der Waals surface area contributed by atoms with Crippen LogP contribution in [0.4, 0.5) is 29.3 Å². The maximum Gasteiger partial charge on any atom is 0.416 e. The molecule has 4 rings (SSSR count). The Morgan fingerprint density at radius 2 is 1.32 bits per heavy atom. The number of carbonyl (C=O) groups is 2. The minimum absolute atomic E-state index is 0. The minimum atomic E-state index is -4.51. The van der Waals surface area contributed by atoms with Crippen molar-refractivity contribution in [2.45, 2.75) is 19.1 Å². The number of pyridine rings is 1. The number of anilines is 2. The van der Waals surface area contributed by atoms with Crippen molar-refractivity contribution in [2.75, 3.05) is 10.6 Å². The standard InChI is InChI=1S/C28H22F3N3O2.BrH/c29-28(30,31)23-9-5-11-25(18-23)33-27(36)32-24-10-4-8-22(17-24)26(35)19-34-14-12-21(13-15-34)16-20-6-2-1-3-7-20;/h1-15,17-18H,16,19H2,(H-,32,33,36);1H. The lowest BCUT2D eigenvalue weighted by Gasteiger charge is -2.11. The van der Waals surface area contributed by atoms with Crippen molar-refractivity contribution in [1.82, 2.24) is 0 Å². The summed E-state index contributed by atoms with van der Waals surface area (Å²) in [7, 11) is 0. The second-order valence-corrected chi connectivity index (χ2v) is 8.20. The number of nitrogens with zero attached hydrogens (tertiary/aromatic N) is 1. The van der Waals surface area contributed by atoms with E-state index in [0.29, 0.717) is 11.3 Å². The van der Waals surface area contributed by atoms with E-state index in [9.17, 15) is 22.8 Å².